The summed E-state index contributed by atoms with van der Waals surface area (Å²) in [5.41, 5.74) is 1.05. The summed E-state index contributed by atoms with van der Waals surface area (Å²) in [4.78, 5) is 24.8. The van der Waals surface area contributed by atoms with E-state index in [-0.39, 0.29) is 24.0 Å². The largest absolute Gasteiger partial charge is 0.469 e. The van der Waals surface area contributed by atoms with Crippen molar-refractivity contribution in [2.75, 3.05) is 20.3 Å². The first-order chi connectivity index (χ1) is 9.61. The number of benzene rings is 1. The maximum absolute atomic E-state index is 11.8. The van der Waals surface area contributed by atoms with Gasteiger partial charge in [0.1, 0.15) is 6.61 Å². The molecule has 0 N–H and O–H groups in total. The number of nitrogens with zero attached hydrogens (tertiary/aromatic N) is 1. The summed E-state index contributed by atoms with van der Waals surface area (Å²) < 4.78 is 9.79. The van der Waals surface area contributed by atoms with Gasteiger partial charge in [0, 0.05) is 13.0 Å². The smallest absolute Gasteiger partial charge is 0.410 e. The second-order valence-corrected chi connectivity index (χ2v) is 5.04. The minimum Gasteiger partial charge on any atom is -0.469 e. The molecular weight excluding hydrogens is 258 g/mol. The highest BCUT2D eigenvalue weighted by atomic mass is 16.6. The molecule has 1 aliphatic heterocycles. The monoisotopic (exact) mass is 277 g/mol. The molecule has 2 rings (SSSR count). The van der Waals surface area contributed by atoms with Crippen molar-refractivity contribution in [3.63, 3.8) is 0 Å². The fraction of sp³-hybridized carbons (Fsp3) is 0.467. The van der Waals surface area contributed by atoms with Crippen molar-refractivity contribution in [3.8, 4) is 0 Å². The van der Waals surface area contributed by atoms with Gasteiger partial charge in [0.25, 0.3) is 0 Å². The molecule has 20 heavy (non-hydrogen) atoms. The number of ether oxygens (including phenoxy) is 2. The van der Waals surface area contributed by atoms with Crippen molar-refractivity contribution in [3.05, 3.63) is 35.9 Å². The Bertz CT molecular complexity index is 474. The summed E-state index contributed by atoms with van der Waals surface area (Å²) in [6, 6.07) is 9.69. The lowest BCUT2D eigenvalue weighted by molar-refractivity contribution is -0.141. The van der Waals surface area contributed by atoms with Gasteiger partial charge in [0.15, 0.2) is 0 Å². The molecule has 0 aliphatic carbocycles. The first kappa shape index (κ1) is 14.4. The Balaban J connectivity index is 2.04. The molecule has 5 heteroatoms. The Morgan fingerprint density at radius 3 is 2.80 bits per heavy atom. The Morgan fingerprint density at radius 1 is 1.45 bits per heavy atom. The maximum Gasteiger partial charge on any atom is 0.410 e. The van der Waals surface area contributed by atoms with E-state index in [2.05, 4.69) is 4.74 Å². The summed E-state index contributed by atoms with van der Waals surface area (Å²) >= 11 is 0. The lowest BCUT2D eigenvalue weighted by Crippen LogP contribution is -2.32. The van der Waals surface area contributed by atoms with Crippen molar-refractivity contribution in [1.82, 2.24) is 4.90 Å². The van der Waals surface area contributed by atoms with Crippen LogP contribution in [0.2, 0.25) is 0 Å². The summed E-state index contributed by atoms with van der Waals surface area (Å²) in [5.74, 6) is -0.236. The molecular formula is C15H19NO4. The van der Waals surface area contributed by atoms with Crippen LogP contribution in [0, 0.1) is 5.92 Å². The van der Waals surface area contributed by atoms with Gasteiger partial charge < -0.3 is 9.47 Å². The zero-order valence-corrected chi connectivity index (χ0v) is 11.7. The second-order valence-electron chi connectivity index (χ2n) is 5.04. The highest BCUT2D eigenvalue weighted by Crippen LogP contribution is 2.28. The molecule has 1 aliphatic rings. The number of methoxy groups -OCH3 is 1. The van der Waals surface area contributed by atoms with Crippen LogP contribution in [0.15, 0.2) is 30.3 Å². The zero-order chi connectivity index (χ0) is 14.5. The van der Waals surface area contributed by atoms with E-state index in [1.54, 1.807) is 4.90 Å². The number of esters is 1. The fourth-order valence-electron chi connectivity index (χ4n) is 2.37. The number of hydrogen-bond acceptors (Lipinski definition) is 4. The highest BCUT2D eigenvalue weighted by molar-refractivity contribution is 5.71. The zero-order valence-electron chi connectivity index (χ0n) is 11.7. The first-order valence-electron chi connectivity index (χ1n) is 6.67. The van der Waals surface area contributed by atoms with Crippen LogP contribution < -0.4 is 0 Å². The topological polar surface area (TPSA) is 55.8 Å². The Labute approximate surface area is 118 Å². The predicted octanol–water partition coefficient (Wildman–Crippen LogP) is 2.38. The molecule has 0 spiro atoms. The van der Waals surface area contributed by atoms with Crippen molar-refractivity contribution < 1.29 is 19.1 Å². The molecule has 0 saturated carbocycles. The number of amides is 1. The van der Waals surface area contributed by atoms with Gasteiger partial charge in [-0.25, -0.2) is 4.79 Å². The number of cyclic esters (lactones) is 1. The lowest BCUT2D eigenvalue weighted by Gasteiger charge is -2.24. The molecule has 1 fully saturated rings. The standard InChI is InChI=1S/C15H19NO4/c1-11(8-14(17)19-2)9-16-13(10-20-15(16)18)12-6-4-3-5-7-12/h3-7,11,13H,8-10H2,1-2H3/t11-,13-/m1/s1. The molecule has 1 heterocycles. The third kappa shape index (κ3) is 3.29. The Morgan fingerprint density at radius 2 is 2.15 bits per heavy atom. The number of carbonyl (C=O) groups excluding carboxylic acids is 2. The SMILES string of the molecule is COC(=O)C[C@@H](C)CN1C(=O)OC[C@@H]1c1ccccc1. The second kappa shape index (κ2) is 6.41. The third-order valence-electron chi connectivity index (χ3n) is 3.41. The van der Waals surface area contributed by atoms with E-state index >= 15 is 0 Å². The molecule has 0 aromatic heterocycles. The van der Waals surface area contributed by atoms with E-state index in [0.29, 0.717) is 19.6 Å². The minimum absolute atomic E-state index is 0.0271. The van der Waals surface area contributed by atoms with Crippen LogP contribution >= 0.6 is 0 Å². The number of hydrogen-bond donors (Lipinski definition) is 0. The number of carbonyl (C=O) groups is 2. The van der Waals surface area contributed by atoms with E-state index in [1.807, 2.05) is 37.3 Å². The van der Waals surface area contributed by atoms with Crippen molar-refractivity contribution >= 4 is 12.1 Å². The van der Waals surface area contributed by atoms with E-state index in [1.165, 1.54) is 7.11 Å². The molecule has 1 saturated heterocycles. The van der Waals surface area contributed by atoms with Crippen molar-refractivity contribution in [1.29, 1.82) is 0 Å². The Kier molecular flexibility index (Phi) is 4.61. The molecule has 0 bridgehead atoms. The third-order valence-corrected chi connectivity index (χ3v) is 3.41. The summed E-state index contributed by atoms with van der Waals surface area (Å²) in [5, 5.41) is 0. The fourth-order valence-corrected chi connectivity index (χ4v) is 2.37. The van der Waals surface area contributed by atoms with Crippen molar-refractivity contribution in [2.45, 2.75) is 19.4 Å². The van der Waals surface area contributed by atoms with E-state index in [0.717, 1.165) is 5.56 Å². The average Bonchev–Trinajstić information content (AvgIpc) is 2.81. The van der Waals surface area contributed by atoms with Gasteiger partial charge in [-0.15, -0.1) is 0 Å². The normalized spacial score (nSPS) is 19.6. The summed E-state index contributed by atoms with van der Waals surface area (Å²) in [7, 11) is 1.37. The van der Waals surface area contributed by atoms with Crippen LogP contribution in [0.5, 0.6) is 0 Å². The van der Waals surface area contributed by atoms with E-state index in [9.17, 15) is 9.59 Å². The van der Waals surface area contributed by atoms with Crippen LogP contribution in [0.3, 0.4) is 0 Å². The van der Waals surface area contributed by atoms with Gasteiger partial charge in [-0.05, 0) is 11.5 Å². The van der Waals surface area contributed by atoms with Crippen LogP contribution in [-0.2, 0) is 14.3 Å². The van der Waals surface area contributed by atoms with E-state index < -0.39 is 0 Å². The molecule has 0 radical (unpaired) electrons. The van der Waals surface area contributed by atoms with Gasteiger partial charge in [-0.2, -0.15) is 0 Å². The van der Waals surface area contributed by atoms with Crippen molar-refractivity contribution in [2.24, 2.45) is 5.92 Å². The predicted molar refractivity (Wildman–Crippen MR) is 73.0 cm³/mol. The molecule has 108 valence electrons. The summed E-state index contributed by atoms with van der Waals surface area (Å²) in [6.07, 6.45) is -0.0301. The van der Waals surface area contributed by atoms with Crippen LogP contribution in [0.25, 0.3) is 0 Å². The minimum atomic E-state index is -0.324. The van der Waals surface area contributed by atoms with Crippen LogP contribution in [0.4, 0.5) is 4.79 Å². The first-order valence-corrected chi connectivity index (χ1v) is 6.67. The molecule has 1 amide bonds. The molecule has 2 atom stereocenters. The van der Waals surface area contributed by atoms with Gasteiger partial charge >= 0.3 is 12.1 Å². The maximum atomic E-state index is 11.8. The average molecular weight is 277 g/mol. The van der Waals surface area contributed by atoms with E-state index in [4.69, 9.17) is 4.74 Å². The van der Waals surface area contributed by atoms with Gasteiger partial charge in [-0.3, -0.25) is 9.69 Å². The van der Waals surface area contributed by atoms with Crippen LogP contribution in [-0.4, -0.2) is 37.2 Å². The quantitative estimate of drug-likeness (QED) is 0.775. The van der Waals surface area contributed by atoms with Gasteiger partial charge in [0.2, 0.25) is 0 Å². The Hall–Kier alpha value is -2.04. The lowest BCUT2D eigenvalue weighted by atomic mass is 10.0. The molecule has 1 aromatic rings. The highest BCUT2D eigenvalue weighted by Gasteiger charge is 2.34. The molecule has 1 aromatic carbocycles. The number of rotatable bonds is 5. The molecule has 5 nitrogen and oxygen atoms in total. The summed E-state index contributed by atoms with van der Waals surface area (Å²) in [6.45, 7) is 2.76. The van der Waals surface area contributed by atoms with Crippen LogP contribution in [0.1, 0.15) is 24.9 Å². The van der Waals surface area contributed by atoms with Gasteiger partial charge in [-0.1, -0.05) is 37.3 Å². The molecule has 0 unspecified atom stereocenters. The van der Waals surface area contributed by atoms with Gasteiger partial charge in [0.05, 0.1) is 13.2 Å².